The van der Waals surface area contributed by atoms with Crippen molar-refractivity contribution in [3.8, 4) is 0 Å². The molecule has 0 aliphatic carbocycles. The molecule has 0 spiro atoms. The molecule has 1 fully saturated rings. The molecule has 2 aromatic heterocycles. The first-order chi connectivity index (χ1) is 9.13. The maximum absolute atomic E-state index is 11.1. The number of aromatic nitrogens is 4. The fraction of sp³-hybridized carbons (Fsp3) is 0.500. The van der Waals surface area contributed by atoms with E-state index in [2.05, 4.69) is 15.2 Å². The molecule has 1 aliphatic rings. The van der Waals surface area contributed by atoms with Gasteiger partial charge in [0.1, 0.15) is 5.82 Å². The number of carboxylic acid groups (broad SMARTS) is 1. The number of anilines is 1. The molecule has 1 saturated heterocycles. The van der Waals surface area contributed by atoms with Gasteiger partial charge in [-0.1, -0.05) is 0 Å². The molecule has 3 rings (SSSR count). The highest BCUT2D eigenvalue weighted by Gasteiger charge is 2.26. The number of piperidine rings is 1. The largest absolute Gasteiger partial charge is 0.481 e. The molecule has 19 heavy (non-hydrogen) atoms. The molecule has 100 valence electrons. The van der Waals surface area contributed by atoms with Gasteiger partial charge in [-0.15, -0.1) is 14.8 Å². The summed E-state index contributed by atoms with van der Waals surface area (Å²) in [6.45, 7) is 3.15. The van der Waals surface area contributed by atoms with Crippen LogP contribution in [0.5, 0.6) is 0 Å². The van der Waals surface area contributed by atoms with E-state index >= 15 is 0 Å². The molecule has 7 nitrogen and oxygen atoms in total. The van der Waals surface area contributed by atoms with Gasteiger partial charge in [0.15, 0.2) is 11.5 Å². The monoisotopic (exact) mass is 261 g/mol. The number of nitrogens with zero attached hydrogens (tertiary/aromatic N) is 5. The van der Waals surface area contributed by atoms with E-state index in [1.165, 1.54) is 4.63 Å². The van der Waals surface area contributed by atoms with Crippen LogP contribution in [0, 0.1) is 12.8 Å². The van der Waals surface area contributed by atoms with Crippen LogP contribution in [0.2, 0.25) is 0 Å². The number of aliphatic carboxylic acids is 1. The van der Waals surface area contributed by atoms with Crippen molar-refractivity contribution in [1.82, 2.24) is 19.8 Å². The Bertz CT molecular complexity index is 624. The standard InChI is InChI=1S/C12H15N5O2/c1-8-13-10-4-5-11(15-17(10)14-8)16-6-2-3-9(7-16)12(18)19/h4-5,9H,2-3,6-7H2,1H3,(H,18,19). The number of carbonyl (C=O) groups is 1. The van der Waals surface area contributed by atoms with Crippen molar-refractivity contribution in [1.29, 1.82) is 0 Å². The number of fused-ring (bicyclic) bond motifs is 1. The Morgan fingerprint density at radius 3 is 3.05 bits per heavy atom. The van der Waals surface area contributed by atoms with Crippen LogP contribution >= 0.6 is 0 Å². The molecule has 0 bridgehead atoms. The lowest BCUT2D eigenvalue weighted by atomic mass is 9.98. The van der Waals surface area contributed by atoms with Crippen LogP contribution in [0.1, 0.15) is 18.7 Å². The molecular formula is C12H15N5O2. The summed E-state index contributed by atoms with van der Waals surface area (Å²) in [4.78, 5) is 17.3. The molecule has 0 aromatic carbocycles. The topological polar surface area (TPSA) is 83.6 Å². The molecule has 1 aliphatic heterocycles. The van der Waals surface area contributed by atoms with Crippen LogP contribution in [0.3, 0.4) is 0 Å². The molecule has 7 heteroatoms. The van der Waals surface area contributed by atoms with E-state index in [1.54, 1.807) is 0 Å². The van der Waals surface area contributed by atoms with Gasteiger partial charge in [-0.2, -0.15) is 0 Å². The molecule has 3 heterocycles. The van der Waals surface area contributed by atoms with Gasteiger partial charge in [0.2, 0.25) is 0 Å². The second-order valence-corrected chi connectivity index (χ2v) is 4.82. The van der Waals surface area contributed by atoms with Gasteiger partial charge in [0, 0.05) is 13.1 Å². The number of hydrogen-bond donors (Lipinski definition) is 1. The van der Waals surface area contributed by atoms with Crippen molar-refractivity contribution in [2.24, 2.45) is 5.92 Å². The first-order valence-corrected chi connectivity index (χ1v) is 6.32. The highest BCUT2D eigenvalue weighted by atomic mass is 16.4. The van der Waals surface area contributed by atoms with Crippen LogP contribution in [0.15, 0.2) is 12.1 Å². The summed E-state index contributed by atoms with van der Waals surface area (Å²) in [5.74, 6) is 0.376. The van der Waals surface area contributed by atoms with E-state index in [0.717, 1.165) is 25.2 Å². The third-order valence-corrected chi connectivity index (χ3v) is 3.39. The average molecular weight is 261 g/mol. The maximum Gasteiger partial charge on any atom is 0.308 e. The van der Waals surface area contributed by atoms with Gasteiger partial charge in [-0.05, 0) is 31.9 Å². The van der Waals surface area contributed by atoms with Gasteiger partial charge in [0.05, 0.1) is 5.92 Å². The van der Waals surface area contributed by atoms with E-state index in [-0.39, 0.29) is 5.92 Å². The highest BCUT2D eigenvalue weighted by Crippen LogP contribution is 2.21. The summed E-state index contributed by atoms with van der Waals surface area (Å²) in [6.07, 6.45) is 1.60. The van der Waals surface area contributed by atoms with E-state index in [4.69, 9.17) is 5.11 Å². The zero-order valence-electron chi connectivity index (χ0n) is 10.7. The van der Waals surface area contributed by atoms with E-state index < -0.39 is 5.97 Å². The molecule has 2 aromatic rings. The summed E-state index contributed by atoms with van der Waals surface area (Å²) in [5.41, 5.74) is 0.702. The van der Waals surface area contributed by atoms with Crippen LogP contribution in [0.25, 0.3) is 5.65 Å². The average Bonchev–Trinajstić information content (AvgIpc) is 2.77. The number of aryl methyl sites for hydroxylation is 1. The number of rotatable bonds is 2. The molecule has 1 atom stereocenters. The van der Waals surface area contributed by atoms with Gasteiger partial charge < -0.3 is 10.0 Å². The first-order valence-electron chi connectivity index (χ1n) is 6.32. The zero-order chi connectivity index (χ0) is 13.4. The summed E-state index contributed by atoms with van der Waals surface area (Å²) in [7, 11) is 0. The van der Waals surface area contributed by atoms with Gasteiger partial charge in [0.25, 0.3) is 0 Å². The fourth-order valence-corrected chi connectivity index (χ4v) is 2.43. The van der Waals surface area contributed by atoms with Crippen LogP contribution in [-0.4, -0.2) is 44.0 Å². The third-order valence-electron chi connectivity index (χ3n) is 3.39. The van der Waals surface area contributed by atoms with Gasteiger partial charge in [-0.3, -0.25) is 4.79 Å². The third kappa shape index (κ3) is 2.23. The minimum absolute atomic E-state index is 0.316. The number of carboxylic acids is 1. The Morgan fingerprint density at radius 1 is 1.42 bits per heavy atom. The lowest BCUT2D eigenvalue weighted by molar-refractivity contribution is -0.141. The Kier molecular flexibility index (Phi) is 2.81. The molecule has 1 N–H and O–H groups in total. The summed E-state index contributed by atoms with van der Waals surface area (Å²) in [6, 6.07) is 3.72. The second kappa shape index (κ2) is 4.49. The lowest BCUT2D eigenvalue weighted by Gasteiger charge is -2.31. The van der Waals surface area contributed by atoms with Crippen molar-refractivity contribution >= 4 is 17.4 Å². The van der Waals surface area contributed by atoms with Crippen molar-refractivity contribution in [3.05, 3.63) is 18.0 Å². The van der Waals surface area contributed by atoms with E-state index in [0.29, 0.717) is 18.0 Å². The lowest BCUT2D eigenvalue weighted by Crippen LogP contribution is -2.39. The fourth-order valence-electron chi connectivity index (χ4n) is 2.43. The summed E-state index contributed by atoms with van der Waals surface area (Å²) < 4.78 is 1.50. The summed E-state index contributed by atoms with van der Waals surface area (Å²) >= 11 is 0. The molecule has 0 saturated carbocycles. The van der Waals surface area contributed by atoms with E-state index in [1.807, 2.05) is 24.0 Å². The molecular weight excluding hydrogens is 246 g/mol. The van der Waals surface area contributed by atoms with Crippen LogP contribution in [-0.2, 0) is 4.79 Å². The Hall–Kier alpha value is -2.18. The number of hydrogen-bond acceptors (Lipinski definition) is 5. The molecule has 1 unspecified atom stereocenters. The smallest absolute Gasteiger partial charge is 0.308 e. The summed E-state index contributed by atoms with van der Waals surface area (Å²) in [5, 5.41) is 17.7. The normalized spacial score (nSPS) is 19.8. The maximum atomic E-state index is 11.1. The molecule has 0 radical (unpaired) electrons. The van der Waals surface area contributed by atoms with Crippen molar-refractivity contribution in [3.63, 3.8) is 0 Å². The predicted octanol–water partition coefficient (Wildman–Crippen LogP) is 0.734. The van der Waals surface area contributed by atoms with Crippen molar-refractivity contribution in [2.75, 3.05) is 18.0 Å². The minimum Gasteiger partial charge on any atom is -0.481 e. The molecule has 0 amide bonds. The zero-order valence-corrected chi connectivity index (χ0v) is 10.7. The van der Waals surface area contributed by atoms with Crippen molar-refractivity contribution in [2.45, 2.75) is 19.8 Å². The van der Waals surface area contributed by atoms with Crippen LogP contribution in [0.4, 0.5) is 5.82 Å². The first kappa shape index (κ1) is 11.9. The van der Waals surface area contributed by atoms with Gasteiger partial charge in [-0.25, -0.2) is 4.98 Å². The van der Waals surface area contributed by atoms with Crippen LogP contribution < -0.4 is 4.90 Å². The van der Waals surface area contributed by atoms with E-state index in [9.17, 15) is 4.79 Å². The quantitative estimate of drug-likeness (QED) is 0.858. The predicted molar refractivity (Wildman–Crippen MR) is 68.1 cm³/mol. The Labute approximate surface area is 109 Å². The Morgan fingerprint density at radius 2 is 2.26 bits per heavy atom. The van der Waals surface area contributed by atoms with Gasteiger partial charge >= 0.3 is 5.97 Å². The van der Waals surface area contributed by atoms with Crippen molar-refractivity contribution < 1.29 is 9.90 Å². The minimum atomic E-state index is -0.734. The SMILES string of the molecule is Cc1nc2ccc(N3CCCC(C(=O)O)C3)nn2n1. The second-order valence-electron chi connectivity index (χ2n) is 4.82. The Balaban J connectivity index is 1.88. The highest BCUT2D eigenvalue weighted by molar-refractivity contribution is 5.71.